The Morgan fingerprint density at radius 2 is 1.36 bits per heavy atom. The van der Waals surface area contributed by atoms with E-state index in [9.17, 15) is 14.7 Å². The Hall–Kier alpha value is -3.86. The van der Waals surface area contributed by atoms with E-state index in [1.807, 2.05) is 54.6 Å². The summed E-state index contributed by atoms with van der Waals surface area (Å²) in [5.41, 5.74) is -0.0660. The number of carboxylic acid groups (broad SMARTS) is 1. The Kier molecular flexibility index (Phi) is 5.56. The van der Waals surface area contributed by atoms with Crippen molar-refractivity contribution < 1.29 is 24.5 Å². The molecule has 0 radical (unpaired) electrons. The SMILES string of the molecule is CC(=O)Oc1cccc2ccccc12.O=C(O)c1cc2ccccc2cc1O. The van der Waals surface area contributed by atoms with Gasteiger partial charge in [-0.05, 0) is 34.4 Å². The minimum atomic E-state index is -1.12. The molecule has 28 heavy (non-hydrogen) atoms. The zero-order valence-corrected chi connectivity index (χ0v) is 15.1. The third-order valence-corrected chi connectivity index (χ3v) is 4.10. The highest BCUT2D eigenvalue weighted by Gasteiger charge is 2.09. The van der Waals surface area contributed by atoms with Gasteiger partial charge in [0.2, 0.25) is 0 Å². The Balaban J connectivity index is 0.000000161. The standard InChI is InChI=1S/C12H10O2.C11H8O3/c1-9(13)14-12-8-4-6-10-5-2-3-7-11(10)12;12-10-6-8-4-2-1-3-7(8)5-9(10)11(13)14/h2-8H,1H3;1-6,12H,(H,13,14). The third-order valence-electron chi connectivity index (χ3n) is 4.10. The molecule has 4 aromatic carbocycles. The first-order chi connectivity index (χ1) is 13.5. The number of benzene rings is 4. The van der Waals surface area contributed by atoms with Crippen molar-refractivity contribution in [3.8, 4) is 11.5 Å². The summed E-state index contributed by atoms with van der Waals surface area (Å²) in [5.74, 6) is -0.985. The van der Waals surface area contributed by atoms with Crippen molar-refractivity contribution in [1.82, 2.24) is 0 Å². The number of hydrogen-bond acceptors (Lipinski definition) is 4. The van der Waals surface area contributed by atoms with Crippen molar-refractivity contribution in [3.05, 3.63) is 84.4 Å². The van der Waals surface area contributed by atoms with Crippen molar-refractivity contribution in [2.24, 2.45) is 0 Å². The normalized spacial score (nSPS) is 10.2. The van der Waals surface area contributed by atoms with Crippen LogP contribution < -0.4 is 4.74 Å². The van der Waals surface area contributed by atoms with Crippen LogP contribution in [0, 0.1) is 0 Å². The molecule has 0 fully saturated rings. The summed E-state index contributed by atoms with van der Waals surface area (Å²) < 4.78 is 5.09. The molecule has 0 atom stereocenters. The number of carboxylic acids is 1. The van der Waals surface area contributed by atoms with Crippen LogP contribution >= 0.6 is 0 Å². The van der Waals surface area contributed by atoms with Gasteiger partial charge in [0.05, 0.1) is 0 Å². The van der Waals surface area contributed by atoms with Gasteiger partial charge >= 0.3 is 11.9 Å². The van der Waals surface area contributed by atoms with Gasteiger partial charge in [-0.1, -0.05) is 60.7 Å². The zero-order valence-electron chi connectivity index (χ0n) is 15.1. The smallest absolute Gasteiger partial charge is 0.339 e. The van der Waals surface area contributed by atoms with Crippen LogP contribution in [0.5, 0.6) is 11.5 Å². The zero-order chi connectivity index (χ0) is 20.1. The molecule has 0 aliphatic heterocycles. The molecule has 0 aliphatic rings. The quantitative estimate of drug-likeness (QED) is 0.381. The summed E-state index contributed by atoms with van der Waals surface area (Å²) in [5, 5.41) is 21.8. The fraction of sp³-hybridized carbons (Fsp3) is 0.0435. The van der Waals surface area contributed by atoms with Crippen molar-refractivity contribution in [2.45, 2.75) is 6.92 Å². The predicted molar refractivity (Wildman–Crippen MR) is 108 cm³/mol. The number of aromatic hydroxyl groups is 1. The molecule has 0 aromatic heterocycles. The highest BCUT2D eigenvalue weighted by Crippen LogP contribution is 2.25. The highest BCUT2D eigenvalue weighted by molar-refractivity contribution is 5.97. The maximum absolute atomic E-state index is 10.8. The van der Waals surface area contributed by atoms with Gasteiger partial charge in [-0.25, -0.2) is 4.79 Å². The van der Waals surface area contributed by atoms with Crippen LogP contribution in [0.2, 0.25) is 0 Å². The van der Waals surface area contributed by atoms with Crippen molar-refractivity contribution in [3.63, 3.8) is 0 Å². The number of carbonyl (C=O) groups is 2. The second-order valence-corrected chi connectivity index (χ2v) is 6.09. The third kappa shape index (κ3) is 4.27. The number of ether oxygens (including phenoxy) is 1. The Bertz CT molecular complexity index is 1160. The number of carbonyl (C=O) groups excluding carboxylic acids is 1. The molecule has 0 saturated carbocycles. The number of phenols is 1. The number of rotatable bonds is 2. The Labute approximate surface area is 161 Å². The largest absolute Gasteiger partial charge is 0.507 e. The van der Waals surface area contributed by atoms with Gasteiger partial charge in [0.1, 0.15) is 17.1 Å². The molecule has 0 spiro atoms. The summed E-state index contributed by atoms with van der Waals surface area (Å²) in [6, 6.07) is 23.7. The molecule has 0 amide bonds. The average molecular weight is 374 g/mol. The number of aromatic carboxylic acids is 1. The fourth-order valence-corrected chi connectivity index (χ4v) is 2.84. The summed E-state index contributed by atoms with van der Waals surface area (Å²) in [4.78, 5) is 21.5. The molecule has 0 saturated heterocycles. The lowest BCUT2D eigenvalue weighted by Gasteiger charge is -2.04. The molecule has 5 heteroatoms. The van der Waals surface area contributed by atoms with E-state index in [-0.39, 0.29) is 17.3 Å². The number of fused-ring (bicyclic) bond motifs is 2. The van der Waals surface area contributed by atoms with E-state index >= 15 is 0 Å². The van der Waals surface area contributed by atoms with Gasteiger partial charge in [-0.2, -0.15) is 0 Å². The molecule has 4 aromatic rings. The molecule has 0 heterocycles. The van der Waals surface area contributed by atoms with Gasteiger partial charge in [0.15, 0.2) is 0 Å². The number of esters is 1. The molecule has 4 rings (SSSR count). The second-order valence-electron chi connectivity index (χ2n) is 6.09. The first kappa shape index (κ1) is 18.9. The van der Waals surface area contributed by atoms with Crippen LogP contribution in [0.1, 0.15) is 17.3 Å². The van der Waals surface area contributed by atoms with Crippen LogP contribution in [0.3, 0.4) is 0 Å². The molecule has 2 N–H and O–H groups in total. The minimum Gasteiger partial charge on any atom is -0.507 e. The maximum Gasteiger partial charge on any atom is 0.339 e. The summed E-state index contributed by atoms with van der Waals surface area (Å²) in [6.07, 6.45) is 0. The van der Waals surface area contributed by atoms with Gasteiger partial charge in [0.25, 0.3) is 0 Å². The van der Waals surface area contributed by atoms with E-state index in [4.69, 9.17) is 9.84 Å². The van der Waals surface area contributed by atoms with E-state index in [0.29, 0.717) is 5.75 Å². The molecule has 0 unspecified atom stereocenters. The molecule has 0 bridgehead atoms. The Morgan fingerprint density at radius 1 is 0.786 bits per heavy atom. The van der Waals surface area contributed by atoms with E-state index in [1.54, 1.807) is 12.1 Å². The van der Waals surface area contributed by atoms with Gasteiger partial charge < -0.3 is 14.9 Å². The lowest BCUT2D eigenvalue weighted by Crippen LogP contribution is -2.01. The Morgan fingerprint density at radius 3 is 2.00 bits per heavy atom. The maximum atomic E-state index is 10.8. The van der Waals surface area contributed by atoms with Crippen LogP contribution in [-0.2, 0) is 4.79 Å². The van der Waals surface area contributed by atoms with E-state index in [1.165, 1.54) is 19.1 Å². The average Bonchev–Trinajstić information content (AvgIpc) is 2.68. The van der Waals surface area contributed by atoms with E-state index < -0.39 is 5.97 Å². The summed E-state index contributed by atoms with van der Waals surface area (Å²) in [6.45, 7) is 1.40. The second kappa shape index (κ2) is 8.22. The van der Waals surface area contributed by atoms with Gasteiger partial charge in [-0.15, -0.1) is 0 Å². The molecular formula is C23H18O5. The van der Waals surface area contributed by atoms with Gasteiger partial charge in [0, 0.05) is 12.3 Å². The van der Waals surface area contributed by atoms with Crippen LogP contribution in [0.25, 0.3) is 21.5 Å². The molecule has 0 aliphatic carbocycles. The lowest BCUT2D eigenvalue weighted by molar-refractivity contribution is -0.131. The van der Waals surface area contributed by atoms with Crippen LogP contribution in [0.4, 0.5) is 0 Å². The van der Waals surface area contributed by atoms with Crippen LogP contribution in [0.15, 0.2) is 78.9 Å². The summed E-state index contributed by atoms with van der Waals surface area (Å²) >= 11 is 0. The van der Waals surface area contributed by atoms with Crippen molar-refractivity contribution >= 4 is 33.5 Å². The first-order valence-electron chi connectivity index (χ1n) is 8.57. The molecular weight excluding hydrogens is 356 g/mol. The topological polar surface area (TPSA) is 83.8 Å². The fourth-order valence-electron chi connectivity index (χ4n) is 2.84. The minimum absolute atomic E-state index is 0.0660. The van der Waals surface area contributed by atoms with Gasteiger partial charge in [-0.3, -0.25) is 4.79 Å². The molecule has 140 valence electrons. The molecule has 5 nitrogen and oxygen atoms in total. The highest BCUT2D eigenvalue weighted by atomic mass is 16.5. The summed E-state index contributed by atoms with van der Waals surface area (Å²) in [7, 11) is 0. The number of hydrogen-bond donors (Lipinski definition) is 2. The first-order valence-corrected chi connectivity index (χ1v) is 8.57. The van der Waals surface area contributed by atoms with Crippen molar-refractivity contribution in [1.29, 1.82) is 0 Å². The monoisotopic (exact) mass is 374 g/mol. The van der Waals surface area contributed by atoms with E-state index in [2.05, 4.69) is 0 Å². The van der Waals surface area contributed by atoms with Crippen LogP contribution in [-0.4, -0.2) is 22.2 Å². The van der Waals surface area contributed by atoms with E-state index in [0.717, 1.165) is 21.5 Å². The predicted octanol–water partition coefficient (Wildman–Crippen LogP) is 5.01. The van der Waals surface area contributed by atoms with Crippen molar-refractivity contribution in [2.75, 3.05) is 0 Å². The lowest BCUT2D eigenvalue weighted by atomic mass is 10.1.